The molecule has 1 aliphatic heterocycles. The summed E-state index contributed by atoms with van der Waals surface area (Å²) in [5, 5.41) is 0. The van der Waals surface area contributed by atoms with E-state index in [0.29, 0.717) is 11.4 Å². The molecule has 17 heavy (non-hydrogen) atoms. The third kappa shape index (κ3) is 2.98. The molecular formula is C11H9ClN2O3. The Balaban J connectivity index is 0.00000144. The van der Waals surface area contributed by atoms with Crippen molar-refractivity contribution < 1.29 is 14.3 Å². The molecule has 0 radical (unpaired) electrons. The number of rotatable bonds is 2. The van der Waals surface area contributed by atoms with Gasteiger partial charge in [-0.05, 0) is 0 Å². The van der Waals surface area contributed by atoms with E-state index in [4.69, 9.17) is 4.74 Å². The van der Waals surface area contributed by atoms with Gasteiger partial charge in [0.1, 0.15) is 0 Å². The van der Waals surface area contributed by atoms with Gasteiger partial charge in [0, 0.05) is 12.1 Å². The number of hydrogen-bond donors (Lipinski definition) is 0. The molecule has 88 valence electrons. The van der Waals surface area contributed by atoms with Crippen LogP contribution in [0.3, 0.4) is 0 Å². The average molecular weight is 253 g/mol. The molecular weight excluding hydrogens is 244 g/mol. The van der Waals surface area contributed by atoms with Gasteiger partial charge in [-0.25, -0.2) is 4.79 Å². The summed E-state index contributed by atoms with van der Waals surface area (Å²) in [5.74, 6) is -0.358. The van der Waals surface area contributed by atoms with Gasteiger partial charge in [0.15, 0.2) is 11.5 Å². The van der Waals surface area contributed by atoms with Crippen LogP contribution in [0.25, 0.3) is 0 Å². The highest BCUT2D eigenvalue weighted by molar-refractivity contribution is 6.29. The fraction of sp³-hybridized carbons (Fsp3) is 0.0909. The van der Waals surface area contributed by atoms with E-state index in [-0.39, 0.29) is 30.4 Å². The second kappa shape index (κ2) is 5.36. The number of fused-ring (bicyclic) bond motifs is 1. The number of aromatic nitrogens is 1. The first-order valence-corrected chi connectivity index (χ1v) is 4.59. The molecule has 1 aliphatic rings. The monoisotopic (exact) mass is 252 g/mol. The van der Waals surface area contributed by atoms with Crippen LogP contribution < -0.4 is 4.74 Å². The Hall–Kier alpha value is -2.01. The molecule has 0 N–H and O–H groups in total. The van der Waals surface area contributed by atoms with Crippen molar-refractivity contribution in [2.45, 2.75) is 6.42 Å². The summed E-state index contributed by atoms with van der Waals surface area (Å²) in [7, 11) is 0. The molecule has 1 aromatic heterocycles. The lowest BCUT2D eigenvalue weighted by atomic mass is 10.1. The minimum Gasteiger partial charge on any atom is -0.422 e. The minimum atomic E-state index is -0.558. The molecule has 2 heterocycles. The van der Waals surface area contributed by atoms with Gasteiger partial charge in [0.25, 0.3) is 0 Å². The molecule has 1 aromatic rings. The first-order valence-electron chi connectivity index (χ1n) is 4.59. The zero-order chi connectivity index (χ0) is 11.5. The van der Waals surface area contributed by atoms with Gasteiger partial charge in [-0.15, -0.1) is 12.4 Å². The van der Waals surface area contributed by atoms with Gasteiger partial charge >= 0.3 is 5.97 Å². The molecule has 0 spiro atoms. The number of halogens is 1. The van der Waals surface area contributed by atoms with Crippen LogP contribution in [-0.2, 0) is 16.0 Å². The van der Waals surface area contributed by atoms with Crippen molar-refractivity contribution in [3.8, 4) is 5.75 Å². The largest absolute Gasteiger partial charge is 0.422 e. The van der Waals surface area contributed by atoms with Gasteiger partial charge in [0.2, 0.25) is 0 Å². The van der Waals surface area contributed by atoms with E-state index in [2.05, 4.69) is 16.6 Å². The molecule has 0 aliphatic carbocycles. The zero-order valence-corrected chi connectivity index (χ0v) is 9.57. The fourth-order valence-corrected chi connectivity index (χ4v) is 1.28. The fourth-order valence-electron chi connectivity index (χ4n) is 1.28. The summed E-state index contributed by atoms with van der Waals surface area (Å²) in [5.41, 5.74) is 1.14. The van der Waals surface area contributed by atoms with Crippen LogP contribution >= 0.6 is 12.4 Å². The smallest absolute Gasteiger partial charge is 0.335 e. The molecule has 5 nitrogen and oxygen atoms in total. The topological polar surface area (TPSA) is 68.6 Å². The third-order valence-electron chi connectivity index (χ3n) is 2.00. The van der Waals surface area contributed by atoms with Crippen LogP contribution in [0.2, 0.25) is 0 Å². The van der Waals surface area contributed by atoms with Gasteiger partial charge in [-0.3, -0.25) is 14.8 Å². The maximum atomic E-state index is 11.0. The lowest BCUT2D eigenvalue weighted by molar-refractivity contribution is -0.129. The molecule has 0 unspecified atom stereocenters. The highest BCUT2D eigenvalue weighted by atomic mass is 35.5. The van der Waals surface area contributed by atoms with Gasteiger partial charge in [-0.1, -0.05) is 6.58 Å². The first-order chi connectivity index (χ1) is 7.69. The number of nitrogens with zero attached hydrogens (tertiary/aromatic N) is 2. The van der Waals surface area contributed by atoms with E-state index in [1.807, 2.05) is 0 Å². The zero-order valence-electron chi connectivity index (χ0n) is 8.75. The lowest BCUT2D eigenvalue weighted by Crippen LogP contribution is -2.10. The molecule has 0 atom stereocenters. The Kier molecular flexibility index (Phi) is 4.12. The van der Waals surface area contributed by atoms with Gasteiger partial charge < -0.3 is 4.74 Å². The number of esters is 1. The summed E-state index contributed by atoms with van der Waals surface area (Å²) in [6.07, 6.45) is 3.91. The van der Waals surface area contributed by atoms with E-state index in [1.165, 1.54) is 12.4 Å². The summed E-state index contributed by atoms with van der Waals surface area (Å²) in [4.78, 5) is 29.9. The van der Waals surface area contributed by atoms with Crippen molar-refractivity contribution in [3.05, 3.63) is 30.6 Å². The van der Waals surface area contributed by atoms with E-state index >= 15 is 0 Å². The highest BCUT2D eigenvalue weighted by Gasteiger charge is 2.14. The van der Waals surface area contributed by atoms with Crippen LogP contribution in [0.1, 0.15) is 5.69 Å². The second-order valence-electron chi connectivity index (χ2n) is 3.16. The summed E-state index contributed by atoms with van der Waals surface area (Å²) in [6, 6.07) is 1.56. The number of Topliss-reactive ketones (excluding diaryl/α,β-unsaturated/α-hetero) is 1. The third-order valence-corrected chi connectivity index (χ3v) is 2.00. The van der Waals surface area contributed by atoms with Crippen LogP contribution in [0.5, 0.6) is 5.75 Å². The minimum absolute atomic E-state index is 0. The molecule has 0 bridgehead atoms. The number of carbonyl (C=O) groups is 2. The number of carbonyl (C=O) groups excluding carboxylic acids is 2. The van der Waals surface area contributed by atoms with Crippen LogP contribution in [-0.4, -0.2) is 23.0 Å². The highest BCUT2D eigenvalue weighted by Crippen LogP contribution is 2.25. The van der Waals surface area contributed by atoms with E-state index in [1.54, 1.807) is 6.07 Å². The summed E-state index contributed by atoms with van der Waals surface area (Å²) >= 11 is 0. The summed E-state index contributed by atoms with van der Waals surface area (Å²) in [6.45, 7) is 3.28. The van der Waals surface area contributed by atoms with Crippen molar-refractivity contribution in [2.24, 2.45) is 4.99 Å². The maximum Gasteiger partial charge on any atom is 0.335 e. The number of aliphatic imine (C=N–C) groups is 1. The van der Waals surface area contributed by atoms with Crippen molar-refractivity contribution in [3.63, 3.8) is 0 Å². The Morgan fingerprint density at radius 1 is 1.53 bits per heavy atom. The molecule has 2 rings (SSSR count). The van der Waals surface area contributed by atoms with Gasteiger partial charge in [-0.2, -0.15) is 0 Å². The standard InChI is InChI=1S/C11H8N2O3.ClH/c1-2-11(15)16-8-4-10-9(13-6-8)3-7(14)5-12-10;/h2,4-6H,1,3H2;1H. The molecule has 0 saturated carbocycles. The predicted octanol–water partition coefficient (Wildman–Crippen LogP) is 1.42. The Labute approximate surface area is 104 Å². The second-order valence-corrected chi connectivity index (χ2v) is 3.16. The number of ether oxygens (including phenoxy) is 1. The quantitative estimate of drug-likeness (QED) is 0.590. The predicted molar refractivity (Wildman–Crippen MR) is 64.2 cm³/mol. The molecule has 0 amide bonds. The van der Waals surface area contributed by atoms with Crippen molar-refractivity contribution >= 4 is 36.1 Å². The number of pyridine rings is 1. The lowest BCUT2D eigenvalue weighted by Gasteiger charge is -2.08. The first kappa shape index (κ1) is 13.1. The van der Waals surface area contributed by atoms with Crippen LogP contribution in [0, 0.1) is 0 Å². The van der Waals surface area contributed by atoms with E-state index in [9.17, 15) is 9.59 Å². The normalized spacial score (nSPS) is 12.4. The van der Waals surface area contributed by atoms with Crippen molar-refractivity contribution in [2.75, 3.05) is 0 Å². The van der Waals surface area contributed by atoms with E-state index in [0.717, 1.165) is 6.08 Å². The Morgan fingerprint density at radius 3 is 3.00 bits per heavy atom. The molecule has 0 saturated heterocycles. The van der Waals surface area contributed by atoms with Crippen LogP contribution in [0.15, 0.2) is 29.9 Å². The Bertz CT molecular complexity index is 511. The van der Waals surface area contributed by atoms with E-state index < -0.39 is 5.97 Å². The van der Waals surface area contributed by atoms with Gasteiger partial charge in [0.05, 0.1) is 30.2 Å². The molecule has 6 heteroatoms. The van der Waals surface area contributed by atoms with Crippen molar-refractivity contribution in [1.29, 1.82) is 0 Å². The maximum absolute atomic E-state index is 11.0. The Morgan fingerprint density at radius 2 is 2.29 bits per heavy atom. The summed E-state index contributed by atoms with van der Waals surface area (Å²) < 4.78 is 4.88. The average Bonchev–Trinajstić information content (AvgIpc) is 2.29. The van der Waals surface area contributed by atoms with Crippen LogP contribution in [0.4, 0.5) is 5.69 Å². The SMILES string of the molecule is C=CC(=O)Oc1cnc2c(c1)N=CC(=O)C2.Cl. The van der Waals surface area contributed by atoms with Crippen molar-refractivity contribution in [1.82, 2.24) is 4.98 Å². The number of ketones is 1. The number of hydrogen-bond acceptors (Lipinski definition) is 5. The molecule has 0 aromatic carbocycles. The molecule has 0 fully saturated rings.